The van der Waals surface area contributed by atoms with Crippen molar-refractivity contribution in [3.8, 4) is 0 Å². The fourth-order valence-corrected chi connectivity index (χ4v) is 2.94. The Morgan fingerprint density at radius 2 is 1.18 bits per heavy atom. The van der Waals surface area contributed by atoms with E-state index in [1.807, 2.05) is 0 Å². The third kappa shape index (κ3) is 14.8. The normalized spacial score (nSPS) is 13.6. The van der Waals surface area contributed by atoms with Crippen molar-refractivity contribution >= 4 is 47.5 Å². The molecule has 0 aliphatic carbocycles. The first-order valence-electron chi connectivity index (χ1n) is 11.3. The molecule has 4 atom stereocenters. The fraction of sp³-hybridized carbons (Fsp3) is 0.600. The van der Waals surface area contributed by atoms with Crippen LogP contribution in [0.4, 0.5) is 0 Å². The van der Waals surface area contributed by atoms with E-state index in [9.17, 15) is 38.7 Å². The number of carbonyl (C=O) groups excluding carboxylic acids is 4. The number of primary amides is 1. The standard InChI is InChI=1S/C20H34N8O10/c21-9(3-5-14(30)31)16(34)28-12(8-13(22)29)18(36)26-10(2-1-7-25-20(23)24)17(35)27-11(19(37)38)4-6-15(32)33/h9-12H,1-8,21H2,(H2,22,29)(H,26,36)(H,27,35)(H,28,34)(H,30,31)(H,32,33)(H,37,38)(H4,23,24,25). The van der Waals surface area contributed by atoms with E-state index in [1.54, 1.807) is 0 Å². The molecule has 4 amide bonds. The summed E-state index contributed by atoms with van der Waals surface area (Å²) in [6.45, 7) is 0.0310. The first-order valence-corrected chi connectivity index (χ1v) is 11.3. The summed E-state index contributed by atoms with van der Waals surface area (Å²) in [6, 6.07) is -5.95. The Balaban J connectivity index is 5.67. The number of carboxylic acid groups (broad SMARTS) is 3. The van der Waals surface area contributed by atoms with Gasteiger partial charge in [-0.1, -0.05) is 0 Å². The number of carboxylic acids is 3. The number of aliphatic imine (C=N–C) groups is 1. The Hall–Kier alpha value is -4.48. The molecule has 14 N–H and O–H groups in total. The molecule has 0 aliphatic heterocycles. The summed E-state index contributed by atoms with van der Waals surface area (Å²) in [7, 11) is 0. The Morgan fingerprint density at radius 3 is 1.68 bits per heavy atom. The number of hydrogen-bond acceptors (Lipinski definition) is 9. The molecular weight excluding hydrogens is 512 g/mol. The molecule has 0 aliphatic rings. The Labute approximate surface area is 216 Å². The van der Waals surface area contributed by atoms with Gasteiger partial charge in [0.25, 0.3) is 0 Å². The zero-order valence-corrected chi connectivity index (χ0v) is 20.4. The van der Waals surface area contributed by atoms with Crippen molar-refractivity contribution in [3.63, 3.8) is 0 Å². The van der Waals surface area contributed by atoms with E-state index >= 15 is 0 Å². The molecule has 0 saturated carbocycles. The van der Waals surface area contributed by atoms with Crippen LogP contribution in [0.2, 0.25) is 0 Å². The smallest absolute Gasteiger partial charge is 0.326 e. The van der Waals surface area contributed by atoms with Crippen molar-refractivity contribution in [3.05, 3.63) is 0 Å². The van der Waals surface area contributed by atoms with Crippen molar-refractivity contribution in [1.82, 2.24) is 16.0 Å². The van der Waals surface area contributed by atoms with Crippen LogP contribution in [0.3, 0.4) is 0 Å². The minimum Gasteiger partial charge on any atom is -0.481 e. The molecule has 0 spiro atoms. The molecule has 214 valence electrons. The first kappa shape index (κ1) is 33.5. The highest BCUT2D eigenvalue weighted by Crippen LogP contribution is 2.05. The van der Waals surface area contributed by atoms with Crippen LogP contribution in [-0.2, 0) is 33.6 Å². The number of carbonyl (C=O) groups is 7. The summed E-state index contributed by atoms with van der Waals surface area (Å²) in [6.07, 6.45) is -2.43. The van der Waals surface area contributed by atoms with E-state index in [2.05, 4.69) is 20.9 Å². The lowest BCUT2D eigenvalue weighted by Crippen LogP contribution is -2.57. The van der Waals surface area contributed by atoms with Crippen LogP contribution in [0, 0.1) is 0 Å². The molecule has 4 unspecified atom stereocenters. The van der Waals surface area contributed by atoms with Crippen molar-refractivity contribution in [2.24, 2.45) is 27.9 Å². The molecule has 0 fully saturated rings. The van der Waals surface area contributed by atoms with Gasteiger partial charge in [-0.25, -0.2) is 4.79 Å². The predicted octanol–water partition coefficient (Wildman–Crippen LogP) is -4.49. The highest BCUT2D eigenvalue weighted by Gasteiger charge is 2.31. The average Bonchev–Trinajstić information content (AvgIpc) is 2.80. The van der Waals surface area contributed by atoms with E-state index in [-0.39, 0.29) is 31.8 Å². The summed E-state index contributed by atoms with van der Waals surface area (Å²) in [5, 5.41) is 33.4. The van der Waals surface area contributed by atoms with Gasteiger partial charge in [0.05, 0.1) is 12.5 Å². The van der Waals surface area contributed by atoms with E-state index in [1.165, 1.54) is 0 Å². The molecule has 0 saturated heterocycles. The van der Waals surface area contributed by atoms with Crippen molar-refractivity contribution in [1.29, 1.82) is 0 Å². The average molecular weight is 547 g/mol. The monoisotopic (exact) mass is 546 g/mol. The number of amides is 4. The van der Waals surface area contributed by atoms with Gasteiger partial charge in [0.1, 0.15) is 18.1 Å². The summed E-state index contributed by atoms with van der Waals surface area (Å²) in [5.41, 5.74) is 21.2. The Bertz CT molecular complexity index is 921. The highest BCUT2D eigenvalue weighted by atomic mass is 16.4. The molecule has 18 nitrogen and oxygen atoms in total. The van der Waals surface area contributed by atoms with E-state index < -0.39 is 91.4 Å². The SMILES string of the molecule is NC(=O)CC(NC(=O)C(N)CCC(=O)O)C(=O)NC(CCCN=C(N)N)C(=O)NC(CCC(=O)O)C(=O)O. The van der Waals surface area contributed by atoms with Gasteiger partial charge in [-0.05, 0) is 25.7 Å². The minimum atomic E-state index is -1.61. The van der Waals surface area contributed by atoms with Crippen molar-refractivity contribution in [2.75, 3.05) is 6.54 Å². The molecule has 0 heterocycles. The maximum absolute atomic E-state index is 12.9. The molecule has 0 radical (unpaired) electrons. The zero-order chi connectivity index (χ0) is 29.4. The summed E-state index contributed by atoms with van der Waals surface area (Å²) < 4.78 is 0. The van der Waals surface area contributed by atoms with Crippen LogP contribution in [0.15, 0.2) is 4.99 Å². The van der Waals surface area contributed by atoms with Crippen LogP contribution >= 0.6 is 0 Å². The lowest BCUT2D eigenvalue weighted by molar-refractivity contribution is -0.143. The number of aliphatic carboxylic acids is 3. The van der Waals surface area contributed by atoms with E-state index in [0.29, 0.717) is 0 Å². The largest absolute Gasteiger partial charge is 0.481 e. The van der Waals surface area contributed by atoms with Gasteiger partial charge in [-0.3, -0.25) is 33.8 Å². The lowest BCUT2D eigenvalue weighted by Gasteiger charge is -2.24. The second-order valence-electron chi connectivity index (χ2n) is 8.11. The van der Waals surface area contributed by atoms with Crippen LogP contribution < -0.4 is 38.9 Å². The van der Waals surface area contributed by atoms with Crippen LogP contribution in [-0.4, -0.2) is 93.5 Å². The second-order valence-corrected chi connectivity index (χ2v) is 8.11. The maximum atomic E-state index is 12.9. The number of nitrogens with zero attached hydrogens (tertiary/aromatic N) is 1. The van der Waals surface area contributed by atoms with Crippen molar-refractivity contribution < 1.29 is 48.9 Å². The van der Waals surface area contributed by atoms with Crippen molar-refractivity contribution in [2.45, 2.75) is 69.1 Å². The molecule has 0 aromatic heterocycles. The van der Waals surface area contributed by atoms with Gasteiger partial charge in [0.15, 0.2) is 5.96 Å². The molecule has 38 heavy (non-hydrogen) atoms. The van der Waals surface area contributed by atoms with Gasteiger partial charge in [0, 0.05) is 19.4 Å². The third-order valence-corrected chi connectivity index (χ3v) is 4.88. The number of rotatable bonds is 19. The molecule has 0 bridgehead atoms. The van der Waals surface area contributed by atoms with Gasteiger partial charge in [-0.15, -0.1) is 0 Å². The van der Waals surface area contributed by atoms with Crippen LogP contribution in [0.1, 0.15) is 44.9 Å². The molecule has 18 heteroatoms. The summed E-state index contributed by atoms with van der Waals surface area (Å²) in [4.78, 5) is 86.1. The number of nitrogens with one attached hydrogen (secondary N) is 3. The predicted molar refractivity (Wildman–Crippen MR) is 129 cm³/mol. The number of hydrogen-bond donors (Lipinski definition) is 10. The molecular formula is C20H34N8O10. The van der Waals surface area contributed by atoms with Crippen LogP contribution in [0.25, 0.3) is 0 Å². The Morgan fingerprint density at radius 1 is 0.684 bits per heavy atom. The second kappa shape index (κ2) is 17.1. The molecule has 0 aromatic carbocycles. The number of nitrogens with two attached hydrogens (primary N) is 4. The van der Waals surface area contributed by atoms with Gasteiger partial charge < -0.3 is 54.2 Å². The van der Waals surface area contributed by atoms with E-state index in [4.69, 9.17) is 33.1 Å². The van der Waals surface area contributed by atoms with Gasteiger partial charge in [0.2, 0.25) is 23.6 Å². The lowest BCUT2D eigenvalue weighted by atomic mass is 10.1. The van der Waals surface area contributed by atoms with Crippen LogP contribution in [0.5, 0.6) is 0 Å². The van der Waals surface area contributed by atoms with Gasteiger partial charge >= 0.3 is 17.9 Å². The zero-order valence-electron chi connectivity index (χ0n) is 20.4. The Kier molecular flexibility index (Phi) is 15.0. The summed E-state index contributed by atoms with van der Waals surface area (Å²) in [5.74, 6) is -8.27. The third-order valence-electron chi connectivity index (χ3n) is 4.88. The van der Waals surface area contributed by atoms with Gasteiger partial charge in [-0.2, -0.15) is 0 Å². The fourth-order valence-electron chi connectivity index (χ4n) is 2.94. The quantitative estimate of drug-likeness (QED) is 0.0415. The first-order chi connectivity index (χ1) is 17.6. The molecule has 0 aromatic rings. The number of guanidine groups is 1. The molecule has 0 rings (SSSR count). The topological polar surface area (TPSA) is 333 Å². The highest BCUT2D eigenvalue weighted by molar-refractivity contribution is 5.96. The van der Waals surface area contributed by atoms with E-state index in [0.717, 1.165) is 0 Å². The summed E-state index contributed by atoms with van der Waals surface area (Å²) >= 11 is 0. The minimum absolute atomic E-state index is 0.0310. The maximum Gasteiger partial charge on any atom is 0.326 e.